The van der Waals surface area contributed by atoms with Gasteiger partial charge in [0.25, 0.3) is 0 Å². The average Bonchev–Trinajstić information content (AvgIpc) is 2.23. The van der Waals surface area contributed by atoms with Gasteiger partial charge in [0.15, 0.2) is 0 Å². The van der Waals surface area contributed by atoms with E-state index in [1.54, 1.807) is 0 Å². The molecule has 0 aromatic heterocycles. The van der Waals surface area contributed by atoms with Crippen LogP contribution in [0.4, 0.5) is 0 Å². The first-order valence-electron chi connectivity index (χ1n) is 6.22. The summed E-state index contributed by atoms with van der Waals surface area (Å²) in [5.74, 6) is -0.163. The summed E-state index contributed by atoms with van der Waals surface area (Å²) in [6, 6.07) is 0. The third-order valence-corrected chi connectivity index (χ3v) is 2.47. The molecule has 0 N–H and O–H groups in total. The molecule has 0 spiro atoms. The molecule has 0 radical (unpaired) electrons. The van der Waals surface area contributed by atoms with Crippen molar-refractivity contribution in [3.63, 3.8) is 0 Å². The van der Waals surface area contributed by atoms with Crippen LogP contribution in [0.3, 0.4) is 0 Å². The standard InChI is InChI=1S/C13H24O3/c1-11(2)13(15)16-12(3)9-7-5-4-6-8-10-14/h10-12H,4-9H2,1-3H3. The molecule has 94 valence electrons. The van der Waals surface area contributed by atoms with Crippen LogP contribution < -0.4 is 0 Å². The van der Waals surface area contributed by atoms with E-state index in [1.165, 1.54) is 0 Å². The fourth-order valence-electron chi connectivity index (χ4n) is 1.41. The van der Waals surface area contributed by atoms with Crippen molar-refractivity contribution in [3.05, 3.63) is 0 Å². The van der Waals surface area contributed by atoms with Crippen molar-refractivity contribution in [3.8, 4) is 0 Å². The van der Waals surface area contributed by atoms with Crippen LogP contribution in [0, 0.1) is 5.92 Å². The van der Waals surface area contributed by atoms with Crippen LogP contribution >= 0.6 is 0 Å². The summed E-state index contributed by atoms with van der Waals surface area (Å²) in [4.78, 5) is 21.3. The van der Waals surface area contributed by atoms with Gasteiger partial charge in [-0.2, -0.15) is 0 Å². The lowest BCUT2D eigenvalue weighted by Crippen LogP contribution is -2.18. The first-order valence-corrected chi connectivity index (χ1v) is 6.22. The fourth-order valence-corrected chi connectivity index (χ4v) is 1.41. The van der Waals surface area contributed by atoms with Gasteiger partial charge in [-0.25, -0.2) is 0 Å². The number of rotatable bonds is 9. The molecule has 0 aromatic carbocycles. The number of unbranched alkanes of at least 4 members (excludes halogenated alkanes) is 4. The van der Waals surface area contributed by atoms with Crippen LogP contribution in [0.2, 0.25) is 0 Å². The second kappa shape index (κ2) is 9.37. The quantitative estimate of drug-likeness (QED) is 0.346. The molecule has 0 amide bonds. The minimum absolute atomic E-state index is 0.0148. The summed E-state index contributed by atoms with van der Waals surface area (Å²) in [6.45, 7) is 5.62. The zero-order valence-electron chi connectivity index (χ0n) is 10.7. The van der Waals surface area contributed by atoms with Crippen LogP contribution in [-0.2, 0) is 14.3 Å². The van der Waals surface area contributed by atoms with E-state index in [1.807, 2.05) is 20.8 Å². The molecule has 0 bridgehead atoms. The zero-order chi connectivity index (χ0) is 12.4. The molecule has 1 unspecified atom stereocenters. The molecule has 3 nitrogen and oxygen atoms in total. The van der Waals surface area contributed by atoms with E-state index in [0.717, 1.165) is 38.4 Å². The van der Waals surface area contributed by atoms with Crippen LogP contribution in [0.1, 0.15) is 59.3 Å². The highest BCUT2D eigenvalue weighted by atomic mass is 16.5. The summed E-state index contributed by atoms with van der Waals surface area (Å²) >= 11 is 0. The second-order valence-corrected chi connectivity index (χ2v) is 4.56. The van der Waals surface area contributed by atoms with Gasteiger partial charge in [-0.15, -0.1) is 0 Å². The molecule has 3 heteroatoms. The van der Waals surface area contributed by atoms with Crippen molar-refractivity contribution in [2.45, 2.75) is 65.4 Å². The SMILES string of the molecule is CC(CCCCCCC=O)OC(=O)C(C)C. The fraction of sp³-hybridized carbons (Fsp3) is 0.846. The molecular weight excluding hydrogens is 204 g/mol. The Kier molecular flexibility index (Phi) is 8.87. The number of carbonyl (C=O) groups excluding carboxylic acids is 2. The van der Waals surface area contributed by atoms with Gasteiger partial charge in [-0.05, 0) is 26.2 Å². The van der Waals surface area contributed by atoms with Crippen molar-refractivity contribution in [1.82, 2.24) is 0 Å². The summed E-state index contributed by atoms with van der Waals surface area (Å²) in [7, 11) is 0. The molecule has 0 aliphatic rings. The highest BCUT2D eigenvalue weighted by Gasteiger charge is 2.12. The van der Waals surface area contributed by atoms with Crippen molar-refractivity contribution < 1.29 is 14.3 Å². The van der Waals surface area contributed by atoms with Crippen LogP contribution in [0.15, 0.2) is 0 Å². The van der Waals surface area contributed by atoms with Crippen LogP contribution in [0.25, 0.3) is 0 Å². The number of ether oxygens (including phenoxy) is 1. The van der Waals surface area contributed by atoms with Crippen molar-refractivity contribution >= 4 is 12.3 Å². The van der Waals surface area contributed by atoms with Gasteiger partial charge in [0.2, 0.25) is 0 Å². The van der Waals surface area contributed by atoms with Gasteiger partial charge in [0.1, 0.15) is 6.29 Å². The summed E-state index contributed by atoms with van der Waals surface area (Å²) < 4.78 is 5.24. The Balaban J connectivity index is 3.40. The third-order valence-electron chi connectivity index (χ3n) is 2.47. The maximum atomic E-state index is 11.3. The predicted octanol–water partition coefficient (Wildman–Crippen LogP) is 3.11. The van der Waals surface area contributed by atoms with Crippen molar-refractivity contribution in [1.29, 1.82) is 0 Å². The predicted molar refractivity (Wildman–Crippen MR) is 64.2 cm³/mol. The largest absolute Gasteiger partial charge is 0.462 e. The molecule has 0 rings (SSSR count). The van der Waals surface area contributed by atoms with Crippen molar-refractivity contribution in [2.24, 2.45) is 5.92 Å². The molecule has 0 saturated heterocycles. The number of aldehydes is 1. The minimum Gasteiger partial charge on any atom is -0.462 e. The van der Waals surface area contributed by atoms with Gasteiger partial charge >= 0.3 is 5.97 Å². The Bertz CT molecular complexity index is 199. The monoisotopic (exact) mass is 228 g/mol. The Labute approximate surface area is 98.6 Å². The molecular formula is C13H24O3. The average molecular weight is 228 g/mol. The molecule has 16 heavy (non-hydrogen) atoms. The van der Waals surface area contributed by atoms with Gasteiger partial charge in [-0.1, -0.05) is 26.7 Å². The van der Waals surface area contributed by atoms with E-state index < -0.39 is 0 Å². The first kappa shape index (κ1) is 15.1. The van der Waals surface area contributed by atoms with Gasteiger partial charge < -0.3 is 9.53 Å². The molecule has 0 aliphatic carbocycles. The van der Waals surface area contributed by atoms with E-state index in [2.05, 4.69) is 0 Å². The van der Waals surface area contributed by atoms with Crippen LogP contribution in [-0.4, -0.2) is 18.4 Å². The lowest BCUT2D eigenvalue weighted by atomic mass is 10.1. The highest BCUT2D eigenvalue weighted by Crippen LogP contribution is 2.10. The Hall–Kier alpha value is -0.860. The van der Waals surface area contributed by atoms with Crippen LogP contribution in [0.5, 0.6) is 0 Å². The van der Waals surface area contributed by atoms with E-state index in [9.17, 15) is 9.59 Å². The summed E-state index contributed by atoms with van der Waals surface area (Å²) in [5.41, 5.74) is 0. The highest BCUT2D eigenvalue weighted by molar-refractivity contribution is 5.71. The van der Waals surface area contributed by atoms with E-state index in [0.29, 0.717) is 6.42 Å². The minimum atomic E-state index is -0.117. The molecule has 0 heterocycles. The smallest absolute Gasteiger partial charge is 0.308 e. The summed E-state index contributed by atoms with van der Waals surface area (Å²) in [5, 5.41) is 0. The lowest BCUT2D eigenvalue weighted by molar-refractivity contribution is -0.152. The lowest BCUT2D eigenvalue weighted by Gasteiger charge is -2.14. The van der Waals surface area contributed by atoms with E-state index >= 15 is 0 Å². The topological polar surface area (TPSA) is 43.4 Å². The van der Waals surface area contributed by atoms with Gasteiger partial charge in [0.05, 0.1) is 12.0 Å². The summed E-state index contributed by atoms with van der Waals surface area (Å²) in [6.07, 6.45) is 6.79. The normalized spacial score (nSPS) is 12.5. The van der Waals surface area contributed by atoms with Gasteiger partial charge in [0, 0.05) is 6.42 Å². The second-order valence-electron chi connectivity index (χ2n) is 4.56. The molecule has 0 saturated carbocycles. The Morgan fingerprint density at radius 1 is 1.12 bits per heavy atom. The first-order chi connectivity index (χ1) is 7.57. The molecule has 0 fully saturated rings. The van der Waals surface area contributed by atoms with E-state index in [-0.39, 0.29) is 18.0 Å². The van der Waals surface area contributed by atoms with Crippen molar-refractivity contribution in [2.75, 3.05) is 0 Å². The van der Waals surface area contributed by atoms with Gasteiger partial charge in [-0.3, -0.25) is 4.79 Å². The Morgan fingerprint density at radius 3 is 2.31 bits per heavy atom. The maximum Gasteiger partial charge on any atom is 0.308 e. The molecule has 1 atom stereocenters. The number of esters is 1. The number of hydrogen-bond acceptors (Lipinski definition) is 3. The maximum absolute atomic E-state index is 11.3. The number of carbonyl (C=O) groups is 2. The zero-order valence-corrected chi connectivity index (χ0v) is 10.7. The molecule has 0 aromatic rings. The van der Waals surface area contributed by atoms with E-state index in [4.69, 9.17) is 4.74 Å². The Morgan fingerprint density at radius 2 is 1.75 bits per heavy atom. The number of hydrogen-bond donors (Lipinski definition) is 0. The third kappa shape index (κ3) is 8.45. The molecule has 0 aliphatic heterocycles.